The third kappa shape index (κ3) is 5.29. The van der Waals surface area contributed by atoms with Crippen LogP contribution in [0.25, 0.3) is 32.9 Å². The molecule has 8 rings (SSSR count). The van der Waals surface area contributed by atoms with E-state index in [1.54, 1.807) is 0 Å². The van der Waals surface area contributed by atoms with Crippen molar-refractivity contribution in [3.63, 3.8) is 0 Å². The zero-order valence-corrected chi connectivity index (χ0v) is 27.8. The van der Waals surface area contributed by atoms with Crippen molar-refractivity contribution in [2.45, 2.75) is 75.8 Å². The lowest BCUT2D eigenvalue weighted by molar-refractivity contribution is 0.107. The van der Waals surface area contributed by atoms with Gasteiger partial charge in [-0.3, -0.25) is 9.80 Å². The van der Waals surface area contributed by atoms with Gasteiger partial charge < -0.3 is 19.5 Å². The monoisotopic (exact) mass is 672 g/mol. The molecule has 0 aliphatic carbocycles. The fourth-order valence-electron chi connectivity index (χ4n) is 8.57. The van der Waals surface area contributed by atoms with E-state index >= 15 is 8.78 Å². The number of likely N-dealkylation sites (N-methyl/N-ethyl adjacent to an activating group) is 1. The number of alkyl halides is 1. The zero-order valence-electron chi connectivity index (χ0n) is 27.8. The van der Waals surface area contributed by atoms with Crippen LogP contribution in [-0.2, 0) is 0 Å². The molecule has 0 saturated carbocycles. The van der Waals surface area contributed by atoms with Gasteiger partial charge in [-0.2, -0.15) is 9.97 Å². The Labute approximate surface area is 283 Å². The number of rotatable bonds is 7. The number of hydrogen-bond donors (Lipinski definition) is 1. The fraction of sp³-hybridized carbons (Fsp3) is 0.486. The maximum atomic E-state index is 17.3. The lowest BCUT2D eigenvalue weighted by Crippen LogP contribution is -2.52. The molecule has 4 aromatic rings. The number of aromatic hydroxyl groups is 1. The van der Waals surface area contributed by atoms with E-state index in [0.717, 1.165) is 32.2 Å². The summed E-state index contributed by atoms with van der Waals surface area (Å²) >= 11 is 0. The largest absolute Gasteiger partial charge is 0.508 e. The summed E-state index contributed by atoms with van der Waals surface area (Å²) in [7, 11) is 2.13. The minimum absolute atomic E-state index is 0.0278. The van der Waals surface area contributed by atoms with Crippen LogP contribution in [0.1, 0.15) is 51.5 Å². The highest BCUT2D eigenvalue weighted by Crippen LogP contribution is 2.44. The Morgan fingerprint density at radius 2 is 1.86 bits per heavy atom. The minimum atomic E-state index is -0.936. The highest BCUT2D eigenvalue weighted by molar-refractivity contribution is 6.04. The van der Waals surface area contributed by atoms with Crippen molar-refractivity contribution in [2.75, 3.05) is 44.7 Å². The topological polar surface area (TPSA) is 87.1 Å². The number of nitrogens with zero attached hydrogens (tertiary/aromatic N) is 6. The molecule has 0 spiro atoms. The highest BCUT2D eigenvalue weighted by atomic mass is 19.1. The van der Waals surface area contributed by atoms with Crippen LogP contribution in [0.5, 0.6) is 17.6 Å². The van der Waals surface area contributed by atoms with Crippen molar-refractivity contribution >= 4 is 27.5 Å². The van der Waals surface area contributed by atoms with Crippen LogP contribution >= 0.6 is 0 Å². The number of fused-ring (bicyclic) bond motifs is 5. The summed E-state index contributed by atoms with van der Waals surface area (Å²) in [5.74, 6) is 1.29. The molecule has 6 heterocycles. The molecule has 2 bridgehead atoms. The number of halogens is 3. The van der Waals surface area contributed by atoms with Gasteiger partial charge in [-0.05, 0) is 76.7 Å². The average molecular weight is 673 g/mol. The van der Waals surface area contributed by atoms with Crippen LogP contribution in [-0.4, -0.2) is 99.6 Å². The van der Waals surface area contributed by atoms with Crippen LogP contribution in [0.4, 0.5) is 19.0 Å². The second-order valence-electron chi connectivity index (χ2n) is 14.3. The van der Waals surface area contributed by atoms with Crippen molar-refractivity contribution in [2.24, 2.45) is 0 Å². The molecular formula is C37H39F3N6O3. The van der Waals surface area contributed by atoms with E-state index in [4.69, 9.17) is 25.9 Å². The summed E-state index contributed by atoms with van der Waals surface area (Å²) in [6.45, 7) is 6.34. The Hall–Kier alpha value is -4.34. The first-order valence-corrected chi connectivity index (χ1v) is 17.0. The van der Waals surface area contributed by atoms with Gasteiger partial charge >= 0.3 is 6.01 Å². The number of ether oxygens (including phenoxy) is 2. The van der Waals surface area contributed by atoms with E-state index in [1.807, 2.05) is 13.8 Å². The number of phenols is 1. The molecule has 12 heteroatoms. The molecule has 4 saturated heterocycles. The SMILES string of the molecule is C#Cc1c(F)ccc2cc(O)cc(-c3nc(OC(C)C)c4c(N5CC6CCC(C5)N6C)nc(OC[C@@]56CCCN5C[C@H](F)C6)nc4c3F)c12. The molecule has 4 atom stereocenters. The molecule has 256 valence electrons. The number of terminal acetylenes is 1. The van der Waals surface area contributed by atoms with Crippen LogP contribution in [0, 0.1) is 24.0 Å². The van der Waals surface area contributed by atoms with Crippen LogP contribution in [0.2, 0.25) is 0 Å². The van der Waals surface area contributed by atoms with Crippen molar-refractivity contribution < 1.29 is 27.8 Å². The van der Waals surface area contributed by atoms with E-state index in [2.05, 4.69) is 32.7 Å². The molecule has 4 aliphatic heterocycles. The maximum absolute atomic E-state index is 17.3. The lowest BCUT2D eigenvalue weighted by Gasteiger charge is -2.40. The van der Waals surface area contributed by atoms with E-state index in [0.29, 0.717) is 54.7 Å². The third-order valence-corrected chi connectivity index (χ3v) is 10.9. The Balaban J connectivity index is 1.35. The number of aromatic nitrogens is 3. The Kier molecular flexibility index (Phi) is 7.76. The molecule has 0 amide bonds. The number of anilines is 1. The second kappa shape index (κ2) is 11.9. The zero-order chi connectivity index (χ0) is 34.2. The number of phenolic OH excluding ortho intramolecular Hbond substituents is 1. The van der Waals surface area contributed by atoms with Crippen LogP contribution in [0.3, 0.4) is 0 Å². The average Bonchev–Trinajstić information content (AvgIpc) is 3.64. The van der Waals surface area contributed by atoms with Gasteiger partial charge in [0, 0.05) is 49.1 Å². The number of piperazine rings is 1. The van der Waals surface area contributed by atoms with E-state index in [9.17, 15) is 9.50 Å². The lowest BCUT2D eigenvalue weighted by atomic mass is 9.95. The van der Waals surface area contributed by atoms with Gasteiger partial charge in [0.05, 0.1) is 17.2 Å². The van der Waals surface area contributed by atoms with Crippen LogP contribution in [0.15, 0.2) is 24.3 Å². The summed E-state index contributed by atoms with van der Waals surface area (Å²) < 4.78 is 59.5. The van der Waals surface area contributed by atoms with Gasteiger partial charge in [0.1, 0.15) is 46.8 Å². The van der Waals surface area contributed by atoms with Gasteiger partial charge in [-0.15, -0.1) is 6.42 Å². The van der Waals surface area contributed by atoms with Gasteiger partial charge in [0.25, 0.3) is 0 Å². The summed E-state index contributed by atoms with van der Waals surface area (Å²) in [6.07, 6.45) is 8.64. The molecule has 9 nitrogen and oxygen atoms in total. The second-order valence-corrected chi connectivity index (χ2v) is 14.3. The Bertz CT molecular complexity index is 2010. The molecule has 4 fully saturated rings. The fourth-order valence-corrected chi connectivity index (χ4v) is 8.57. The molecular weight excluding hydrogens is 633 g/mol. The van der Waals surface area contributed by atoms with Crippen molar-refractivity contribution in [1.82, 2.24) is 24.8 Å². The number of hydrogen-bond acceptors (Lipinski definition) is 9. The minimum Gasteiger partial charge on any atom is -0.508 e. The van der Waals surface area contributed by atoms with Crippen LogP contribution < -0.4 is 14.4 Å². The predicted molar refractivity (Wildman–Crippen MR) is 181 cm³/mol. The van der Waals surface area contributed by atoms with Gasteiger partial charge in [0.15, 0.2) is 5.82 Å². The highest BCUT2D eigenvalue weighted by Gasteiger charge is 2.49. The van der Waals surface area contributed by atoms with Crippen molar-refractivity contribution in [3.8, 4) is 41.2 Å². The number of pyridine rings is 1. The van der Waals surface area contributed by atoms with E-state index in [-0.39, 0.29) is 58.1 Å². The molecule has 2 aromatic heterocycles. The van der Waals surface area contributed by atoms with Gasteiger partial charge in [0.2, 0.25) is 5.88 Å². The summed E-state index contributed by atoms with van der Waals surface area (Å²) in [5, 5.41) is 11.7. The molecule has 4 aliphatic rings. The van der Waals surface area contributed by atoms with E-state index < -0.39 is 23.3 Å². The predicted octanol–water partition coefficient (Wildman–Crippen LogP) is 5.84. The summed E-state index contributed by atoms with van der Waals surface area (Å²) in [4.78, 5) is 20.9. The first-order valence-electron chi connectivity index (χ1n) is 17.0. The van der Waals surface area contributed by atoms with Crippen molar-refractivity contribution in [1.29, 1.82) is 0 Å². The normalized spacial score (nSPS) is 25.4. The molecule has 2 aromatic carbocycles. The first kappa shape index (κ1) is 31.9. The molecule has 49 heavy (non-hydrogen) atoms. The number of benzene rings is 2. The molecule has 0 radical (unpaired) electrons. The standard InChI is InChI=1S/C37H39F3N6O3/c1-5-26-28(39)10-7-21-13-25(47)14-27(29(21)26)32-31(40)33-30(35(41-32)49-20(2)3)34(45-17-23-8-9-24(18-45)44(23)4)43-36(42-33)48-19-37-11-6-12-46(37)16-22(38)15-37/h1,7,10,13-14,20,22-24,47H,6,8-9,11-12,15-19H2,2-4H3/t22-,23?,24?,37+/m1/s1. The summed E-state index contributed by atoms with van der Waals surface area (Å²) in [6, 6.07) is 6.00. The Morgan fingerprint density at radius 3 is 2.59 bits per heavy atom. The maximum Gasteiger partial charge on any atom is 0.319 e. The molecule has 1 N–H and O–H groups in total. The quantitative estimate of drug-likeness (QED) is 0.244. The molecule has 2 unspecified atom stereocenters. The van der Waals surface area contributed by atoms with Crippen molar-refractivity contribution in [3.05, 3.63) is 41.5 Å². The Morgan fingerprint density at radius 1 is 1.08 bits per heavy atom. The smallest absolute Gasteiger partial charge is 0.319 e. The third-order valence-electron chi connectivity index (χ3n) is 10.9. The van der Waals surface area contributed by atoms with Gasteiger partial charge in [-0.25, -0.2) is 18.2 Å². The van der Waals surface area contributed by atoms with E-state index in [1.165, 1.54) is 24.3 Å². The van der Waals surface area contributed by atoms with Gasteiger partial charge in [-0.1, -0.05) is 12.0 Å². The summed E-state index contributed by atoms with van der Waals surface area (Å²) in [5.41, 5.74) is -0.747. The first-order chi connectivity index (χ1) is 23.5.